The molecule has 5 nitrogen and oxygen atoms in total. The predicted molar refractivity (Wildman–Crippen MR) is 60.2 cm³/mol. The summed E-state index contributed by atoms with van der Waals surface area (Å²) in [5.74, 6) is -1.01. The van der Waals surface area contributed by atoms with Crippen LogP contribution in [0.5, 0.6) is 0 Å². The van der Waals surface area contributed by atoms with E-state index in [-0.39, 0.29) is 0 Å². The van der Waals surface area contributed by atoms with Crippen molar-refractivity contribution in [2.24, 2.45) is 11.5 Å². The van der Waals surface area contributed by atoms with Gasteiger partial charge in [0, 0.05) is 0 Å². The summed E-state index contributed by atoms with van der Waals surface area (Å²) in [5.41, 5.74) is 11.4. The Bertz CT molecular complexity index is 378. The van der Waals surface area contributed by atoms with Crippen LogP contribution in [0.4, 0.5) is 0 Å². The van der Waals surface area contributed by atoms with Gasteiger partial charge in [-0.25, -0.2) is 0 Å². The van der Waals surface area contributed by atoms with E-state index in [1.807, 2.05) is 6.07 Å². The van der Waals surface area contributed by atoms with Crippen molar-refractivity contribution in [1.29, 1.82) is 0 Å². The van der Waals surface area contributed by atoms with Crippen LogP contribution in [-0.4, -0.2) is 17.9 Å². The maximum atomic E-state index is 11.6. The van der Waals surface area contributed by atoms with Gasteiger partial charge in [-0.2, -0.15) is 0 Å². The van der Waals surface area contributed by atoms with Crippen molar-refractivity contribution in [3.63, 3.8) is 0 Å². The van der Waals surface area contributed by atoms with Crippen LogP contribution in [0.1, 0.15) is 18.5 Å². The van der Waals surface area contributed by atoms with E-state index in [0.29, 0.717) is 5.56 Å². The van der Waals surface area contributed by atoms with Gasteiger partial charge in [0.1, 0.15) is 12.1 Å². The van der Waals surface area contributed by atoms with E-state index in [4.69, 9.17) is 11.5 Å². The summed E-state index contributed by atoms with van der Waals surface area (Å²) in [5, 5.41) is 2.44. The number of primary amides is 1. The molecule has 0 spiro atoms. The van der Waals surface area contributed by atoms with Gasteiger partial charge in [-0.05, 0) is 12.5 Å². The van der Waals surface area contributed by atoms with E-state index in [2.05, 4.69) is 5.32 Å². The fourth-order valence-corrected chi connectivity index (χ4v) is 1.19. The van der Waals surface area contributed by atoms with Crippen LogP contribution >= 0.6 is 0 Å². The minimum atomic E-state index is -0.789. The number of rotatable bonds is 4. The van der Waals surface area contributed by atoms with Crippen LogP contribution in [0.3, 0.4) is 0 Å². The zero-order chi connectivity index (χ0) is 12.1. The molecule has 2 amide bonds. The maximum absolute atomic E-state index is 11.6. The van der Waals surface area contributed by atoms with Gasteiger partial charge < -0.3 is 16.8 Å². The SMILES string of the molecule is CC(NC(=O)[C@H](N)c1ccccc1)C(N)=O. The number of hydrogen-bond acceptors (Lipinski definition) is 3. The van der Waals surface area contributed by atoms with E-state index in [9.17, 15) is 9.59 Å². The molecule has 0 aliphatic rings. The standard InChI is InChI=1S/C11H15N3O2/c1-7(10(13)15)14-11(16)9(12)8-5-3-2-4-6-8/h2-7,9H,12H2,1H3,(H2,13,15)(H,14,16)/t7?,9-/m1/s1. The van der Waals surface area contributed by atoms with E-state index >= 15 is 0 Å². The fourth-order valence-electron chi connectivity index (χ4n) is 1.19. The first kappa shape index (κ1) is 12.2. The number of carbonyl (C=O) groups excluding carboxylic acids is 2. The zero-order valence-corrected chi connectivity index (χ0v) is 9.01. The molecule has 0 heterocycles. The molecule has 0 saturated heterocycles. The Morgan fingerprint density at radius 2 is 1.81 bits per heavy atom. The first-order valence-electron chi connectivity index (χ1n) is 4.92. The van der Waals surface area contributed by atoms with Gasteiger partial charge >= 0.3 is 0 Å². The zero-order valence-electron chi connectivity index (χ0n) is 9.01. The smallest absolute Gasteiger partial charge is 0.242 e. The molecule has 0 saturated carbocycles. The number of hydrogen-bond donors (Lipinski definition) is 3. The topological polar surface area (TPSA) is 98.2 Å². The molecule has 5 heteroatoms. The lowest BCUT2D eigenvalue weighted by Crippen LogP contribution is -2.45. The third-order valence-electron chi connectivity index (χ3n) is 2.23. The summed E-state index contributed by atoms with van der Waals surface area (Å²) >= 11 is 0. The minimum absolute atomic E-state index is 0.419. The van der Waals surface area contributed by atoms with Gasteiger partial charge in [-0.1, -0.05) is 30.3 Å². The van der Waals surface area contributed by atoms with Crippen molar-refractivity contribution in [2.45, 2.75) is 19.0 Å². The third-order valence-corrected chi connectivity index (χ3v) is 2.23. The molecular weight excluding hydrogens is 206 g/mol. The Hall–Kier alpha value is -1.88. The second-order valence-corrected chi connectivity index (χ2v) is 3.52. The van der Waals surface area contributed by atoms with Crippen LogP contribution in [0.2, 0.25) is 0 Å². The van der Waals surface area contributed by atoms with Crippen LogP contribution in [0.25, 0.3) is 0 Å². The summed E-state index contributed by atoms with van der Waals surface area (Å²) in [6.45, 7) is 1.51. The first-order valence-corrected chi connectivity index (χ1v) is 4.92. The van der Waals surface area contributed by atoms with Gasteiger partial charge in [0.05, 0.1) is 0 Å². The van der Waals surface area contributed by atoms with E-state index in [1.165, 1.54) is 6.92 Å². The number of benzene rings is 1. The summed E-state index contributed by atoms with van der Waals surface area (Å²) < 4.78 is 0. The monoisotopic (exact) mass is 221 g/mol. The van der Waals surface area contributed by atoms with E-state index in [1.54, 1.807) is 24.3 Å². The molecule has 0 aliphatic heterocycles. The highest BCUT2D eigenvalue weighted by Crippen LogP contribution is 2.09. The highest BCUT2D eigenvalue weighted by molar-refractivity contribution is 5.89. The van der Waals surface area contributed by atoms with Crippen LogP contribution < -0.4 is 16.8 Å². The number of carbonyl (C=O) groups is 2. The molecule has 1 aromatic rings. The molecule has 5 N–H and O–H groups in total. The Morgan fingerprint density at radius 3 is 2.31 bits per heavy atom. The molecule has 1 unspecified atom stereocenters. The lowest BCUT2D eigenvalue weighted by atomic mass is 10.1. The second-order valence-electron chi connectivity index (χ2n) is 3.52. The normalized spacial score (nSPS) is 13.9. The van der Waals surface area contributed by atoms with Gasteiger partial charge in [-0.15, -0.1) is 0 Å². The molecule has 0 fully saturated rings. The summed E-state index contributed by atoms with van der Waals surface area (Å²) in [6, 6.07) is 7.41. The Labute approximate surface area is 93.8 Å². The second kappa shape index (κ2) is 5.27. The first-order chi connectivity index (χ1) is 7.52. The van der Waals surface area contributed by atoms with Gasteiger partial charge in [0.2, 0.25) is 11.8 Å². The minimum Gasteiger partial charge on any atom is -0.368 e. The van der Waals surface area contributed by atoms with Crippen LogP contribution in [-0.2, 0) is 9.59 Å². The van der Waals surface area contributed by atoms with Crippen molar-refractivity contribution >= 4 is 11.8 Å². The average Bonchev–Trinajstić information content (AvgIpc) is 2.28. The highest BCUT2D eigenvalue weighted by Gasteiger charge is 2.19. The van der Waals surface area contributed by atoms with Crippen molar-refractivity contribution in [1.82, 2.24) is 5.32 Å². The third kappa shape index (κ3) is 3.06. The lowest BCUT2D eigenvalue weighted by molar-refractivity contribution is -0.127. The van der Waals surface area contributed by atoms with Gasteiger partial charge in [-0.3, -0.25) is 9.59 Å². The Kier molecular flexibility index (Phi) is 4.02. The van der Waals surface area contributed by atoms with Crippen LogP contribution in [0, 0.1) is 0 Å². The van der Waals surface area contributed by atoms with Crippen LogP contribution in [0.15, 0.2) is 30.3 Å². The van der Waals surface area contributed by atoms with Gasteiger partial charge in [0.25, 0.3) is 0 Å². The molecule has 0 aliphatic carbocycles. The largest absolute Gasteiger partial charge is 0.368 e. The molecular formula is C11H15N3O2. The molecule has 1 rings (SSSR count). The van der Waals surface area contributed by atoms with E-state index < -0.39 is 23.9 Å². The van der Waals surface area contributed by atoms with Crippen molar-refractivity contribution in [3.8, 4) is 0 Å². The number of nitrogens with one attached hydrogen (secondary N) is 1. The average molecular weight is 221 g/mol. The molecule has 0 aromatic heterocycles. The number of amides is 2. The molecule has 0 radical (unpaired) electrons. The summed E-state index contributed by atoms with van der Waals surface area (Å²) in [7, 11) is 0. The molecule has 86 valence electrons. The summed E-state index contributed by atoms with van der Waals surface area (Å²) in [4.78, 5) is 22.4. The Balaban J connectivity index is 2.65. The van der Waals surface area contributed by atoms with Crippen molar-refractivity contribution in [3.05, 3.63) is 35.9 Å². The highest BCUT2D eigenvalue weighted by atomic mass is 16.2. The molecule has 16 heavy (non-hydrogen) atoms. The molecule has 2 atom stereocenters. The lowest BCUT2D eigenvalue weighted by Gasteiger charge is -2.15. The Morgan fingerprint density at radius 1 is 1.25 bits per heavy atom. The predicted octanol–water partition coefficient (Wildman–Crippen LogP) is -0.324. The van der Waals surface area contributed by atoms with Crippen molar-refractivity contribution in [2.75, 3.05) is 0 Å². The van der Waals surface area contributed by atoms with E-state index in [0.717, 1.165) is 0 Å². The molecule has 1 aromatic carbocycles. The summed E-state index contributed by atoms with van der Waals surface area (Å²) in [6.07, 6.45) is 0. The van der Waals surface area contributed by atoms with Gasteiger partial charge in [0.15, 0.2) is 0 Å². The number of nitrogens with two attached hydrogens (primary N) is 2. The molecule has 0 bridgehead atoms. The maximum Gasteiger partial charge on any atom is 0.242 e. The fraction of sp³-hybridized carbons (Fsp3) is 0.273. The quantitative estimate of drug-likeness (QED) is 0.649. The van der Waals surface area contributed by atoms with Crippen molar-refractivity contribution < 1.29 is 9.59 Å².